The van der Waals surface area contributed by atoms with Crippen LogP contribution >= 0.6 is 0 Å². The molecule has 0 heterocycles. The van der Waals surface area contributed by atoms with E-state index >= 15 is 0 Å². The van der Waals surface area contributed by atoms with E-state index in [1.54, 1.807) is 0 Å². The molecule has 0 aliphatic heterocycles. The van der Waals surface area contributed by atoms with Crippen molar-refractivity contribution in [1.82, 2.24) is 0 Å². The Morgan fingerprint density at radius 2 is 1.35 bits per heavy atom. The third kappa shape index (κ3) is 6.42. The number of aliphatic hydroxyl groups is 2. The molecule has 0 spiro atoms. The van der Waals surface area contributed by atoms with Gasteiger partial charge in [0.2, 0.25) is 0 Å². The molecule has 2 heteroatoms. The lowest BCUT2D eigenvalue weighted by Gasteiger charge is -2.36. The van der Waals surface area contributed by atoms with Gasteiger partial charge in [0.1, 0.15) is 0 Å². The largest absolute Gasteiger partial charge is 0.396 e. The molecule has 0 bridgehead atoms. The van der Waals surface area contributed by atoms with Crippen molar-refractivity contribution in [2.24, 2.45) is 5.92 Å². The molecule has 0 aliphatic rings. The van der Waals surface area contributed by atoms with Crippen LogP contribution in [-0.2, 0) is 0 Å². The van der Waals surface area contributed by atoms with Crippen LogP contribution in [0.15, 0.2) is 0 Å². The lowest BCUT2D eigenvalue weighted by atomic mass is 9.77. The van der Waals surface area contributed by atoms with Crippen molar-refractivity contribution >= 4 is 0 Å². The number of unbranched alkanes of at least 4 members (excludes halogenated alkanes) is 3. The van der Waals surface area contributed by atoms with Crippen LogP contribution in [0.5, 0.6) is 0 Å². The van der Waals surface area contributed by atoms with Gasteiger partial charge < -0.3 is 10.2 Å². The van der Waals surface area contributed by atoms with E-state index in [9.17, 15) is 10.2 Å². The average Bonchev–Trinajstić information content (AvgIpc) is 2.35. The highest BCUT2D eigenvalue weighted by Gasteiger charge is 2.34. The van der Waals surface area contributed by atoms with E-state index in [1.165, 1.54) is 0 Å². The fraction of sp³-hybridized carbons (Fsp3) is 1.00. The summed E-state index contributed by atoms with van der Waals surface area (Å²) >= 11 is 0. The van der Waals surface area contributed by atoms with Crippen molar-refractivity contribution in [3.05, 3.63) is 0 Å². The van der Waals surface area contributed by atoms with E-state index < -0.39 is 5.60 Å². The van der Waals surface area contributed by atoms with Crippen molar-refractivity contribution in [1.29, 1.82) is 0 Å². The molecule has 0 aromatic heterocycles. The van der Waals surface area contributed by atoms with Crippen LogP contribution < -0.4 is 0 Å². The van der Waals surface area contributed by atoms with Crippen molar-refractivity contribution in [2.75, 3.05) is 6.61 Å². The Hall–Kier alpha value is -0.0800. The Labute approximate surface area is 107 Å². The van der Waals surface area contributed by atoms with Crippen LogP contribution in [0.3, 0.4) is 0 Å². The third-order valence-electron chi connectivity index (χ3n) is 3.81. The number of aliphatic hydroxyl groups excluding tert-OH is 1. The molecule has 0 amide bonds. The van der Waals surface area contributed by atoms with Crippen LogP contribution in [0.4, 0.5) is 0 Å². The molecule has 17 heavy (non-hydrogen) atoms. The first-order chi connectivity index (χ1) is 8.14. The van der Waals surface area contributed by atoms with E-state index in [4.69, 9.17) is 0 Å². The highest BCUT2D eigenvalue weighted by molar-refractivity contribution is 4.86. The summed E-state index contributed by atoms with van der Waals surface area (Å²) in [6, 6.07) is 0. The van der Waals surface area contributed by atoms with Crippen molar-refractivity contribution in [3.63, 3.8) is 0 Å². The van der Waals surface area contributed by atoms with Crippen LogP contribution in [-0.4, -0.2) is 22.4 Å². The summed E-state index contributed by atoms with van der Waals surface area (Å²) in [7, 11) is 0. The molecule has 0 radical (unpaired) electrons. The number of hydrogen-bond acceptors (Lipinski definition) is 2. The molecule has 104 valence electrons. The second-order valence-electron chi connectivity index (χ2n) is 5.33. The van der Waals surface area contributed by atoms with Gasteiger partial charge in [-0.3, -0.25) is 0 Å². The Bertz CT molecular complexity index is 160. The molecule has 0 rings (SSSR count). The topological polar surface area (TPSA) is 40.5 Å². The lowest BCUT2D eigenvalue weighted by molar-refractivity contribution is -0.0594. The van der Waals surface area contributed by atoms with Gasteiger partial charge in [-0.15, -0.1) is 0 Å². The van der Waals surface area contributed by atoms with Crippen LogP contribution in [0.1, 0.15) is 78.6 Å². The molecule has 2 N–H and O–H groups in total. The van der Waals surface area contributed by atoms with E-state index in [1.807, 2.05) is 0 Å². The molecule has 1 unspecified atom stereocenters. The van der Waals surface area contributed by atoms with Gasteiger partial charge >= 0.3 is 0 Å². The molecule has 0 fully saturated rings. The first kappa shape index (κ1) is 16.9. The summed E-state index contributed by atoms with van der Waals surface area (Å²) in [5, 5.41) is 20.3. The lowest BCUT2D eigenvalue weighted by Crippen LogP contribution is -2.40. The highest BCUT2D eigenvalue weighted by atomic mass is 16.3. The first-order valence-corrected chi connectivity index (χ1v) is 7.47. The van der Waals surface area contributed by atoms with Crippen molar-refractivity contribution < 1.29 is 10.2 Å². The van der Waals surface area contributed by atoms with Gasteiger partial charge in [0, 0.05) is 12.5 Å². The number of hydrogen-bond donors (Lipinski definition) is 2. The SMILES string of the molecule is CCCCC(CO)C(O)(CCCC)CCCC. The molecule has 1 atom stereocenters. The second kappa shape index (κ2) is 9.90. The Balaban J connectivity index is 4.46. The Morgan fingerprint density at radius 3 is 1.71 bits per heavy atom. The maximum Gasteiger partial charge on any atom is 0.0697 e. The summed E-state index contributed by atoms with van der Waals surface area (Å²) < 4.78 is 0. The van der Waals surface area contributed by atoms with Gasteiger partial charge in [0.15, 0.2) is 0 Å². The summed E-state index contributed by atoms with van der Waals surface area (Å²) in [6.07, 6.45) is 9.22. The Morgan fingerprint density at radius 1 is 0.882 bits per heavy atom. The Kier molecular flexibility index (Phi) is 9.85. The number of rotatable bonds is 11. The molecule has 2 nitrogen and oxygen atoms in total. The summed E-state index contributed by atoms with van der Waals surface area (Å²) in [5.41, 5.74) is -0.629. The van der Waals surface area contributed by atoms with Gasteiger partial charge in [-0.25, -0.2) is 0 Å². The normalized spacial score (nSPS) is 13.9. The molecule has 0 saturated heterocycles. The minimum Gasteiger partial charge on any atom is -0.396 e. The second-order valence-corrected chi connectivity index (χ2v) is 5.33. The maximum atomic E-state index is 10.8. The predicted molar refractivity (Wildman–Crippen MR) is 74.1 cm³/mol. The summed E-state index contributed by atoms with van der Waals surface area (Å²) in [4.78, 5) is 0. The average molecular weight is 244 g/mol. The van der Waals surface area contributed by atoms with Crippen LogP contribution in [0.25, 0.3) is 0 Å². The fourth-order valence-electron chi connectivity index (χ4n) is 2.48. The van der Waals surface area contributed by atoms with Gasteiger partial charge in [-0.05, 0) is 19.3 Å². The van der Waals surface area contributed by atoms with E-state index in [0.717, 1.165) is 57.8 Å². The third-order valence-corrected chi connectivity index (χ3v) is 3.81. The minimum absolute atomic E-state index is 0.0700. The summed E-state index contributed by atoms with van der Waals surface area (Å²) in [6.45, 7) is 6.59. The summed E-state index contributed by atoms with van der Waals surface area (Å²) in [5.74, 6) is 0.0700. The predicted octanol–water partition coefficient (Wildman–Crippen LogP) is 3.90. The van der Waals surface area contributed by atoms with Gasteiger partial charge in [-0.1, -0.05) is 59.3 Å². The molecule has 0 aromatic carbocycles. The van der Waals surface area contributed by atoms with Crippen LogP contribution in [0, 0.1) is 5.92 Å². The van der Waals surface area contributed by atoms with E-state index in [2.05, 4.69) is 20.8 Å². The van der Waals surface area contributed by atoms with Gasteiger partial charge in [0.25, 0.3) is 0 Å². The molecule has 0 saturated carbocycles. The molecular weight excluding hydrogens is 212 g/mol. The quantitative estimate of drug-likeness (QED) is 0.579. The van der Waals surface area contributed by atoms with Gasteiger partial charge in [-0.2, -0.15) is 0 Å². The van der Waals surface area contributed by atoms with E-state index in [0.29, 0.717) is 0 Å². The maximum absolute atomic E-state index is 10.8. The molecule has 0 aromatic rings. The zero-order chi connectivity index (χ0) is 13.1. The molecular formula is C15H32O2. The molecule has 0 aliphatic carbocycles. The highest BCUT2D eigenvalue weighted by Crippen LogP contribution is 2.32. The van der Waals surface area contributed by atoms with Crippen molar-refractivity contribution in [3.8, 4) is 0 Å². The first-order valence-electron chi connectivity index (χ1n) is 7.47. The van der Waals surface area contributed by atoms with E-state index in [-0.39, 0.29) is 12.5 Å². The standard InChI is InChI=1S/C15H32O2/c1-4-7-10-14(13-16)15(17,11-8-5-2)12-9-6-3/h14,16-17H,4-13H2,1-3H3. The van der Waals surface area contributed by atoms with Crippen LogP contribution in [0.2, 0.25) is 0 Å². The smallest absolute Gasteiger partial charge is 0.0697 e. The zero-order valence-electron chi connectivity index (χ0n) is 12.0. The fourth-order valence-corrected chi connectivity index (χ4v) is 2.48. The zero-order valence-corrected chi connectivity index (χ0v) is 12.0. The van der Waals surface area contributed by atoms with Crippen molar-refractivity contribution in [2.45, 2.75) is 84.2 Å². The van der Waals surface area contributed by atoms with Gasteiger partial charge in [0.05, 0.1) is 5.60 Å². The minimum atomic E-state index is -0.629. The monoisotopic (exact) mass is 244 g/mol.